The Morgan fingerprint density at radius 2 is 2.09 bits per heavy atom. The molecule has 0 bridgehead atoms. The number of carbonyl (C=O) groups excluding carboxylic acids is 2. The molecule has 1 aliphatic heterocycles. The molecule has 0 unspecified atom stereocenters. The fraction of sp³-hybridized carbons (Fsp3) is 0.583. The third kappa shape index (κ3) is 4.67. The maximum Gasteiger partial charge on any atom is 0.231 e. The molecule has 2 heterocycles. The molecular formula is C12H18N4O4S2. The molecule has 1 fully saturated rings. The van der Waals surface area contributed by atoms with Crippen LogP contribution < -0.4 is 10.5 Å². The molecule has 122 valence electrons. The number of hydrogen-bond donors (Lipinski definition) is 2. The average Bonchev–Trinajstić information content (AvgIpc) is 2.83. The Bertz CT molecular complexity index is 662. The van der Waals surface area contributed by atoms with E-state index in [-0.39, 0.29) is 29.3 Å². The highest BCUT2D eigenvalue weighted by atomic mass is 32.2. The first-order valence-corrected chi connectivity index (χ1v) is 9.51. The van der Waals surface area contributed by atoms with Gasteiger partial charge in [0.1, 0.15) is 0 Å². The molecule has 0 aliphatic carbocycles. The number of piperidine rings is 1. The molecule has 0 spiro atoms. The summed E-state index contributed by atoms with van der Waals surface area (Å²) in [6, 6.07) is 0. The van der Waals surface area contributed by atoms with Crippen molar-refractivity contribution in [3.05, 3.63) is 11.1 Å². The van der Waals surface area contributed by atoms with Gasteiger partial charge in [0.15, 0.2) is 5.13 Å². The van der Waals surface area contributed by atoms with Crippen molar-refractivity contribution in [2.75, 3.05) is 24.1 Å². The molecule has 0 radical (unpaired) electrons. The number of sulfonamides is 1. The van der Waals surface area contributed by atoms with Gasteiger partial charge >= 0.3 is 0 Å². The van der Waals surface area contributed by atoms with E-state index in [1.54, 1.807) is 10.3 Å². The van der Waals surface area contributed by atoms with Crippen LogP contribution in [0.1, 0.15) is 18.5 Å². The molecule has 8 nitrogen and oxygen atoms in total. The molecule has 1 aromatic heterocycles. The van der Waals surface area contributed by atoms with Crippen LogP contribution in [0.4, 0.5) is 5.13 Å². The van der Waals surface area contributed by atoms with Gasteiger partial charge in [-0.1, -0.05) is 0 Å². The summed E-state index contributed by atoms with van der Waals surface area (Å²) in [5.74, 6) is -0.559. The predicted octanol–water partition coefficient (Wildman–Crippen LogP) is -0.219. The van der Waals surface area contributed by atoms with Gasteiger partial charge in [0.2, 0.25) is 21.8 Å². The first kappa shape index (κ1) is 16.7. The van der Waals surface area contributed by atoms with Crippen LogP contribution in [0.15, 0.2) is 5.38 Å². The summed E-state index contributed by atoms with van der Waals surface area (Å²) in [6.07, 6.45) is 2.32. The SMILES string of the molecule is CS(=O)(=O)Nc1nc(CC(=O)N2CCC(C(N)=O)CC2)cs1. The summed E-state index contributed by atoms with van der Waals surface area (Å²) < 4.78 is 24.5. The number of thiazole rings is 1. The third-order valence-corrected chi connectivity index (χ3v) is 4.91. The lowest BCUT2D eigenvalue weighted by Gasteiger charge is -2.30. The Morgan fingerprint density at radius 3 is 2.64 bits per heavy atom. The number of nitrogens with two attached hydrogens (primary N) is 1. The molecule has 1 aromatic rings. The second kappa shape index (κ2) is 6.61. The standard InChI is InChI=1S/C12H18N4O4S2/c1-22(19,20)15-12-14-9(7-21-12)6-10(17)16-4-2-8(3-5-16)11(13)18/h7-8H,2-6H2,1H3,(H2,13,18)(H,14,15). The smallest absolute Gasteiger partial charge is 0.231 e. The van der Waals surface area contributed by atoms with E-state index >= 15 is 0 Å². The summed E-state index contributed by atoms with van der Waals surface area (Å²) >= 11 is 1.14. The average molecular weight is 346 g/mol. The Morgan fingerprint density at radius 1 is 1.45 bits per heavy atom. The molecule has 1 aliphatic rings. The molecule has 0 aromatic carbocycles. The minimum absolute atomic E-state index is 0.0841. The molecule has 22 heavy (non-hydrogen) atoms. The lowest BCUT2D eigenvalue weighted by Crippen LogP contribution is -2.42. The van der Waals surface area contributed by atoms with Crippen LogP contribution in [-0.2, 0) is 26.0 Å². The summed E-state index contributed by atoms with van der Waals surface area (Å²) in [5, 5.41) is 1.90. The lowest BCUT2D eigenvalue weighted by molar-refractivity contribution is -0.134. The van der Waals surface area contributed by atoms with Crippen molar-refractivity contribution in [1.82, 2.24) is 9.88 Å². The topological polar surface area (TPSA) is 122 Å². The monoisotopic (exact) mass is 346 g/mol. The first-order chi connectivity index (χ1) is 10.2. The number of rotatable bonds is 5. The van der Waals surface area contributed by atoms with Crippen LogP contribution in [0.2, 0.25) is 0 Å². The Hall–Kier alpha value is -1.68. The highest BCUT2D eigenvalue weighted by Gasteiger charge is 2.26. The molecule has 0 atom stereocenters. The number of nitrogens with zero attached hydrogens (tertiary/aromatic N) is 2. The zero-order valence-corrected chi connectivity index (χ0v) is 13.7. The van der Waals surface area contributed by atoms with Gasteiger partial charge in [-0.15, -0.1) is 11.3 Å². The molecular weight excluding hydrogens is 328 g/mol. The first-order valence-electron chi connectivity index (χ1n) is 6.74. The van der Waals surface area contributed by atoms with Gasteiger partial charge in [0, 0.05) is 24.4 Å². The highest BCUT2D eigenvalue weighted by Crippen LogP contribution is 2.20. The third-order valence-electron chi connectivity index (χ3n) is 3.41. The predicted molar refractivity (Wildman–Crippen MR) is 82.8 cm³/mol. The zero-order valence-electron chi connectivity index (χ0n) is 12.1. The molecule has 2 amide bonds. The zero-order chi connectivity index (χ0) is 16.3. The van der Waals surface area contributed by atoms with E-state index in [1.165, 1.54) is 0 Å². The quantitative estimate of drug-likeness (QED) is 0.763. The van der Waals surface area contributed by atoms with Crippen molar-refractivity contribution in [3.63, 3.8) is 0 Å². The van der Waals surface area contributed by atoms with Crippen LogP contribution in [0.25, 0.3) is 0 Å². The number of primary amides is 1. The largest absolute Gasteiger partial charge is 0.369 e. The fourth-order valence-electron chi connectivity index (χ4n) is 2.27. The van der Waals surface area contributed by atoms with Crippen LogP contribution in [-0.4, -0.2) is 49.5 Å². The van der Waals surface area contributed by atoms with E-state index in [1.807, 2.05) is 0 Å². The number of anilines is 1. The van der Waals surface area contributed by atoms with E-state index in [2.05, 4.69) is 9.71 Å². The second-order valence-corrected chi connectivity index (χ2v) is 7.86. The summed E-state index contributed by atoms with van der Waals surface area (Å²) in [6.45, 7) is 1.01. The Kier molecular flexibility index (Phi) is 5.01. The number of likely N-dealkylation sites (tertiary alicyclic amines) is 1. The highest BCUT2D eigenvalue weighted by molar-refractivity contribution is 7.92. The van der Waals surface area contributed by atoms with Gasteiger partial charge in [-0.25, -0.2) is 13.4 Å². The number of nitrogens with one attached hydrogen (secondary N) is 1. The molecule has 10 heteroatoms. The molecule has 1 saturated heterocycles. The number of hydrogen-bond acceptors (Lipinski definition) is 6. The van der Waals surface area contributed by atoms with Gasteiger partial charge in [0.05, 0.1) is 18.4 Å². The van der Waals surface area contributed by atoms with Crippen molar-refractivity contribution in [3.8, 4) is 0 Å². The van der Waals surface area contributed by atoms with Gasteiger partial charge in [-0.3, -0.25) is 14.3 Å². The van der Waals surface area contributed by atoms with Gasteiger partial charge < -0.3 is 10.6 Å². The van der Waals surface area contributed by atoms with Crippen LogP contribution in [0, 0.1) is 5.92 Å². The lowest BCUT2D eigenvalue weighted by atomic mass is 9.96. The van der Waals surface area contributed by atoms with Gasteiger partial charge in [-0.05, 0) is 12.8 Å². The van der Waals surface area contributed by atoms with E-state index < -0.39 is 10.0 Å². The van der Waals surface area contributed by atoms with E-state index in [4.69, 9.17) is 5.73 Å². The minimum Gasteiger partial charge on any atom is -0.369 e. The van der Waals surface area contributed by atoms with Crippen LogP contribution in [0.5, 0.6) is 0 Å². The summed E-state index contributed by atoms with van der Waals surface area (Å²) in [4.78, 5) is 29.0. The Balaban J connectivity index is 1.89. The van der Waals surface area contributed by atoms with Crippen LogP contribution in [0.3, 0.4) is 0 Å². The molecule has 2 rings (SSSR count). The van der Waals surface area contributed by atoms with Crippen molar-refractivity contribution in [2.45, 2.75) is 19.3 Å². The van der Waals surface area contributed by atoms with E-state index in [0.717, 1.165) is 17.6 Å². The second-order valence-electron chi connectivity index (χ2n) is 5.25. The summed E-state index contributed by atoms with van der Waals surface area (Å²) in [5.41, 5.74) is 5.78. The van der Waals surface area contributed by atoms with Crippen molar-refractivity contribution in [2.24, 2.45) is 11.7 Å². The number of aromatic nitrogens is 1. The van der Waals surface area contributed by atoms with Gasteiger partial charge in [-0.2, -0.15) is 0 Å². The maximum atomic E-state index is 12.2. The van der Waals surface area contributed by atoms with Crippen molar-refractivity contribution >= 4 is 38.3 Å². The normalized spacial score (nSPS) is 16.5. The maximum absolute atomic E-state index is 12.2. The number of carbonyl (C=O) groups is 2. The number of amides is 2. The van der Waals surface area contributed by atoms with E-state index in [9.17, 15) is 18.0 Å². The summed E-state index contributed by atoms with van der Waals surface area (Å²) in [7, 11) is -3.37. The Labute approximate surface area is 132 Å². The van der Waals surface area contributed by atoms with Crippen molar-refractivity contribution < 1.29 is 18.0 Å². The molecule has 3 N–H and O–H groups in total. The van der Waals surface area contributed by atoms with Crippen molar-refractivity contribution in [1.29, 1.82) is 0 Å². The van der Waals surface area contributed by atoms with Gasteiger partial charge in [0.25, 0.3) is 0 Å². The van der Waals surface area contributed by atoms with E-state index in [0.29, 0.717) is 31.6 Å². The minimum atomic E-state index is -3.37. The fourth-order valence-corrected chi connectivity index (χ4v) is 3.84. The van der Waals surface area contributed by atoms with Crippen LogP contribution >= 0.6 is 11.3 Å². The molecule has 0 saturated carbocycles.